The number of carbonyl (C=O) groups is 1. The fraction of sp³-hybridized carbons (Fsp3) is 0.900. The molecule has 4 nitrogen and oxygen atoms in total. The molecule has 0 aromatic carbocycles. The van der Waals surface area contributed by atoms with E-state index in [0.29, 0.717) is 13.2 Å². The van der Waals surface area contributed by atoms with Gasteiger partial charge in [0.15, 0.2) is 0 Å². The second kappa shape index (κ2) is 4.75. The van der Waals surface area contributed by atoms with Gasteiger partial charge in [-0.2, -0.15) is 0 Å². The molecule has 1 heterocycles. The largest absolute Gasteiger partial charge is 0.380 e. The van der Waals surface area contributed by atoms with Crippen LogP contribution in [-0.2, 0) is 9.53 Å². The summed E-state index contributed by atoms with van der Waals surface area (Å²) in [5.41, 5.74) is -0.0239. The SMILES string of the molecule is CN(C)C(=O)CNC1(C)CCCOC1. The highest BCUT2D eigenvalue weighted by Gasteiger charge is 2.27. The number of likely N-dealkylation sites (N-methyl/N-ethyl adjacent to an activating group) is 1. The predicted molar refractivity (Wildman–Crippen MR) is 55.2 cm³/mol. The van der Waals surface area contributed by atoms with Gasteiger partial charge in [0.25, 0.3) is 0 Å². The number of nitrogens with one attached hydrogen (secondary N) is 1. The van der Waals surface area contributed by atoms with E-state index in [2.05, 4.69) is 12.2 Å². The Kier molecular flexibility index (Phi) is 3.89. The molecule has 0 aromatic heterocycles. The summed E-state index contributed by atoms with van der Waals surface area (Å²) in [7, 11) is 3.54. The zero-order valence-electron chi connectivity index (χ0n) is 9.30. The molecule has 82 valence electrons. The molecule has 0 bridgehead atoms. The van der Waals surface area contributed by atoms with Crippen LogP contribution in [0.25, 0.3) is 0 Å². The maximum Gasteiger partial charge on any atom is 0.236 e. The van der Waals surface area contributed by atoms with Crippen LogP contribution in [-0.4, -0.2) is 50.2 Å². The first-order valence-corrected chi connectivity index (χ1v) is 5.06. The Bertz CT molecular complexity index is 198. The van der Waals surface area contributed by atoms with Crippen LogP contribution >= 0.6 is 0 Å². The normalized spacial score (nSPS) is 27.4. The molecule has 1 aliphatic rings. The van der Waals surface area contributed by atoms with Crippen LogP contribution in [0.1, 0.15) is 19.8 Å². The summed E-state index contributed by atoms with van der Waals surface area (Å²) in [5, 5.41) is 3.26. The molecule has 0 aliphatic carbocycles. The lowest BCUT2D eigenvalue weighted by atomic mass is 9.95. The summed E-state index contributed by atoms with van der Waals surface area (Å²) in [6, 6.07) is 0. The number of carbonyl (C=O) groups excluding carboxylic acids is 1. The topological polar surface area (TPSA) is 41.6 Å². The van der Waals surface area contributed by atoms with E-state index in [4.69, 9.17) is 4.74 Å². The Labute approximate surface area is 85.6 Å². The Morgan fingerprint density at radius 2 is 2.29 bits per heavy atom. The second-order valence-corrected chi connectivity index (χ2v) is 4.36. The van der Waals surface area contributed by atoms with Crippen LogP contribution < -0.4 is 5.32 Å². The molecule has 1 fully saturated rings. The molecule has 14 heavy (non-hydrogen) atoms. The van der Waals surface area contributed by atoms with E-state index in [1.54, 1.807) is 19.0 Å². The molecule has 1 saturated heterocycles. The van der Waals surface area contributed by atoms with Gasteiger partial charge in [0.2, 0.25) is 5.91 Å². The lowest BCUT2D eigenvalue weighted by molar-refractivity contribution is -0.128. The van der Waals surface area contributed by atoms with Crippen molar-refractivity contribution in [2.24, 2.45) is 0 Å². The third-order valence-electron chi connectivity index (χ3n) is 2.60. The van der Waals surface area contributed by atoms with E-state index >= 15 is 0 Å². The maximum absolute atomic E-state index is 11.4. The molecular weight excluding hydrogens is 180 g/mol. The van der Waals surface area contributed by atoms with Gasteiger partial charge in [0.05, 0.1) is 13.2 Å². The van der Waals surface area contributed by atoms with Crippen LogP contribution in [0.3, 0.4) is 0 Å². The number of rotatable bonds is 3. The van der Waals surface area contributed by atoms with Crippen molar-refractivity contribution in [3.05, 3.63) is 0 Å². The van der Waals surface area contributed by atoms with Gasteiger partial charge in [-0.1, -0.05) is 0 Å². The third kappa shape index (κ3) is 3.27. The summed E-state index contributed by atoms with van der Waals surface area (Å²) < 4.78 is 5.39. The van der Waals surface area contributed by atoms with E-state index in [9.17, 15) is 4.79 Å². The molecule has 1 atom stereocenters. The molecule has 0 saturated carbocycles. The minimum atomic E-state index is -0.0239. The molecule has 0 radical (unpaired) electrons. The molecule has 1 aliphatic heterocycles. The third-order valence-corrected chi connectivity index (χ3v) is 2.60. The zero-order chi connectivity index (χ0) is 10.6. The van der Waals surface area contributed by atoms with Gasteiger partial charge < -0.3 is 15.0 Å². The van der Waals surface area contributed by atoms with E-state index < -0.39 is 0 Å². The van der Waals surface area contributed by atoms with Gasteiger partial charge in [0.1, 0.15) is 0 Å². The summed E-state index contributed by atoms with van der Waals surface area (Å²) >= 11 is 0. The van der Waals surface area contributed by atoms with Gasteiger partial charge in [-0.25, -0.2) is 0 Å². The molecule has 0 spiro atoms. The van der Waals surface area contributed by atoms with Gasteiger partial charge >= 0.3 is 0 Å². The predicted octanol–water partition coefficient (Wildman–Crippen LogP) is 0.233. The van der Waals surface area contributed by atoms with Crippen LogP contribution in [0.2, 0.25) is 0 Å². The Morgan fingerprint density at radius 3 is 2.79 bits per heavy atom. The van der Waals surface area contributed by atoms with Crippen molar-refractivity contribution in [2.45, 2.75) is 25.3 Å². The summed E-state index contributed by atoms with van der Waals surface area (Å²) in [4.78, 5) is 12.9. The first kappa shape index (κ1) is 11.5. The minimum absolute atomic E-state index is 0.0239. The van der Waals surface area contributed by atoms with Crippen molar-refractivity contribution < 1.29 is 9.53 Å². The second-order valence-electron chi connectivity index (χ2n) is 4.36. The monoisotopic (exact) mass is 200 g/mol. The Hall–Kier alpha value is -0.610. The number of ether oxygens (including phenoxy) is 1. The molecule has 4 heteroatoms. The number of hydrogen-bond donors (Lipinski definition) is 1. The minimum Gasteiger partial charge on any atom is -0.380 e. The van der Waals surface area contributed by atoms with E-state index in [1.165, 1.54) is 0 Å². The summed E-state index contributed by atoms with van der Waals surface area (Å²) in [6.07, 6.45) is 2.15. The van der Waals surface area contributed by atoms with Crippen molar-refractivity contribution in [1.29, 1.82) is 0 Å². The van der Waals surface area contributed by atoms with Gasteiger partial charge in [-0.3, -0.25) is 4.79 Å². The standard InChI is InChI=1S/C10H20N2O2/c1-10(5-4-6-14-8-10)11-7-9(13)12(2)3/h11H,4-8H2,1-3H3. The number of amides is 1. The highest BCUT2D eigenvalue weighted by atomic mass is 16.5. The Balaban J connectivity index is 2.32. The smallest absolute Gasteiger partial charge is 0.236 e. The molecule has 1 amide bonds. The van der Waals surface area contributed by atoms with Gasteiger partial charge in [-0.15, -0.1) is 0 Å². The number of nitrogens with zero attached hydrogens (tertiary/aromatic N) is 1. The van der Waals surface area contributed by atoms with Crippen molar-refractivity contribution in [1.82, 2.24) is 10.2 Å². The quantitative estimate of drug-likeness (QED) is 0.709. The summed E-state index contributed by atoms with van der Waals surface area (Å²) in [5.74, 6) is 0.108. The zero-order valence-corrected chi connectivity index (χ0v) is 9.30. The van der Waals surface area contributed by atoms with Crippen LogP contribution in [0, 0.1) is 0 Å². The first-order valence-electron chi connectivity index (χ1n) is 5.06. The van der Waals surface area contributed by atoms with Gasteiger partial charge in [0, 0.05) is 26.2 Å². The molecular formula is C10H20N2O2. The molecule has 1 N–H and O–H groups in total. The van der Waals surface area contributed by atoms with Crippen LogP contribution in [0.15, 0.2) is 0 Å². The highest BCUT2D eigenvalue weighted by Crippen LogP contribution is 2.17. The molecule has 0 aromatic rings. The molecule has 1 rings (SSSR count). The van der Waals surface area contributed by atoms with Crippen molar-refractivity contribution in [2.75, 3.05) is 33.9 Å². The van der Waals surface area contributed by atoms with Crippen LogP contribution in [0.5, 0.6) is 0 Å². The van der Waals surface area contributed by atoms with Crippen molar-refractivity contribution in [3.63, 3.8) is 0 Å². The van der Waals surface area contributed by atoms with Crippen molar-refractivity contribution >= 4 is 5.91 Å². The molecule has 1 unspecified atom stereocenters. The lowest BCUT2D eigenvalue weighted by Gasteiger charge is -2.34. The van der Waals surface area contributed by atoms with Gasteiger partial charge in [-0.05, 0) is 19.8 Å². The Morgan fingerprint density at radius 1 is 1.57 bits per heavy atom. The maximum atomic E-state index is 11.4. The summed E-state index contributed by atoms with van der Waals surface area (Å²) in [6.45, 7) is 4.05. The average molecular weight is 200 g/mol. The first-order chi connectivity index (χ1) is 6.53. The van der Waals surface area contributed by atoms with E-state index in [-0.39, 0.29) is 11.4 Å². The van der Waals surface area contributed by atoms with Crippen LogP contribution in [0.4, 0.5) is 0 Å². The average Bonchev–Trinajstić information content (AvgIpc) is 2.15. The fourth-order valence-corrected chi connectivity index (χ4v) is 1.52. The fourth-order valence-electron chi connectivity index (χ4n) is 1.52. The number of hydrogen-bond acceptors (Lipinski definition) is 3. The van der Waals surface area contributed by atoms with E-state index in [0.717, 1.165) is 19.4 Å². The lowest BCUT2D eigenvalue weighted by Crippen LogP contribution is -2.51. The van der Waals surface area contributed by atoms with Crippen molar-refractivity contribution in [3.8, 4) is 0 Å². The highest BCUT2D eigenvalue weighted by molar-refractivity contribution is 5.77. The van der Waals surface area contributed by atoms with E-state index in [1.807, 2.05) is 0 Å².